The minimum Gasteiger partial charge on any atom is -0.334 e. The van der Waals surface area contributed by atoms with Gasteiger partial charge in [0.05, 0.1) is 6.21 Å². The van der Waals surface area contributed by atoms with Gasteiger partial charge in [-0.1, -0.05) is 31.0 Å². The summed E-state index contributed by atoms with van der Waals surface area (Å²) in [6, 6.07) is 6.05. The molecule has 0 aliphatic carbocycles. The lowest BCUT2D eigenvalue weighted by atomic mass is 10.2. The summed E-state index contributed by atoms with van der Waals surface area (Å²) in [5, 5.41) is 3.63. The average Bonchev–Trinajstić information content (AvgIpc) is 2.77. The van der Waals surface area contributed by atoms with Crippen LogP contribution in [0.2, 0.25) is 0 Å². The average molecular weight is 291 g/mol. The van der Waals surface area contributed by atoms with E-state index >= 15 is 0 Å². The van der Waals surface area contributed by atoms with Crippen LogP contribution in [0.15, 0.2) is 29.4 Å². The van der Waals surface area contributed by atoms with Gasteiger partial charge in [-0.05, 0) is 18.9 Å². The van der Waals surface area contributed by atoms with Gasteiger partial charge in [0.2, 0.25) is 0 Å². The van der Waals surface area contributed by atoms with E-state index in [1.807, 2.05) is 0 Å². The Kier molecular flexibility index (Phi) is 5.43. The predicted molar refractivity (Wildman–Crippen MR) is 77.2 cm³/mol. The van der Waals surface area contributed by atoms with Crippen LogP contribution in [0, 0.1) is 5.82 Å². The summed E-state index contributed by atoms with van der Waals surface area (Å²) in [6.45, 7) is 1.20. The topological polar surface area (TPSA) is 61.8 Å². The van der Waals surface area contributed by atoms with Gasteiger partial charge < -0.3 is 4.90 Å². The molecule has 0 bridgehead atoms. The second-order valence-electron chi connectivity index (χ2n) is 4.93. The molecule has 0 radical (unpaired) electrons. The molecule has 0 spiro atoms. The number of likely N-dealkylation sites (tertiary alicyclic amines) is 1. The zero-order valence-corrected chi connectivity index (χ0v) is 11.7. The molecule has 1 aliphatic rings. The van der Waals surface area contributed by atoms with E-state index in [-0.39, 0.29) is 5.56 Å². The van der Waals surface area contributed by atoms with Gasteiger partial charge in [0.15, 0.2) is 0 Å². The summed E-state index contributed by atoms with van der Waals surface area (Å²) in [5.74, 6) is -1.80. The third-order valence-electron chi connectivity index (χ3n) is 3.36. The first kappa shape index (κ1) is 15.2. The molecule has 5 nitrogen and oxygen atoms in total. The van der Waals surface area contributed by atoms with Crippen molar-refractivity contribution >= 4 is 18.0 Å². The van der Waals surface area contributed by atoms with Crippen LogP contribution < -0.4 is 5.43 Å². The third-order valence-corrected chi connectivity index (χ3v) is 3.36. The highest BCUT2D eigenvalue weighted by atomic mass is 19.1. The van der Waals surface area contributed by atoms with Gasteiger partial charge in [0, 0.05) is 18.7 Å². The van der Waals surface area contributed by atoms with E-state index in [9.17, 15) is 14.0 Å². The van der Waals surface area contributed by atoms with Crippen molar-refractivity contribution in [3.63, 3.8) is 0 Å². The molecule has 1 fully saturated rings. The lowest BCUT2D eigenvalue weighted by molar-refractivity contribution is -0.145. The van der Waals surface area contributed by atoms with Crippen molar-refractivity contribution in [2.45, 2.75) is 25.7 Å². The van der Waals surface area contributed by atoms with Gasteiger partial charge in [0.1, 0.15) is 5.82 Å². The van der Waals surface area contributed by atoms with Crippen molar-refractivity contribution in [1.29, 1.82) is 0 Å². The third kappa shape index (κ3) is 4.37. The molecule has 2 rings (SSSR count). The molecule has 0 atom stereocenters. The van der Waals surface area contributed by atoms with Crippen molar-refractivity contribution in [3.8, 4) is 0 Å². The van der Waals surface area contributed by atoms with E-state index in [2.05, 4.69) is 10.5 Å². The Morgan fingerprint density at radius 2 is 1.81 bits per heavy atom. The first-order valence-corrected chi connectivity index (χ1v) is 7.05. The molecule has 1 aromatic rings. The summed E-state index contributed by atoms with van der Waals surface area (Å²) >= 11 is 0. The maximum absolute atomic E-state index is 13.3. The first-order valence-electron chi connectivity index (χ1n) is 7.05. The van der Waals surface area contributed by atoms with Crippen LogP contribution in [0.4, 0.5) is 4.39 Å². The van der Waals surface area contributed by atoms with Crippen molar-refractivity contribution in [3.05, 3.63) is 35.6 Å². The Morgan fingerprint density at radius 1 is 1.14 bits per heavy atom. The van der Waals surface area contributed by atoms with Crippen LogP contribution in [-0.4, -0.2) is 36.0 Å². The molecule has 6 heteroatoms. The highest BCUT2D eigenvalue weighted by molar-refractivity contribution is 6.35. The number of nitrogens with one attached hydrogen (secondary N) is 1. The van der Waals surface area contributed by atoms with Gasteiger partial charge in [-0.2, -0.15) is 5.10 Å². The number of carbonyl (C=O) groups excluding carboxylic acids is 2. The number of carbonyl (C=O) groups is 2. The fourth-order valence-electron chi connectivity index (χ4n) is 2.21. The molecule has 2 amide bonds. The maximum Gasteiger partial charge on any atom is 0.329 e. The Hall–Kier alpha value is -2.24. The second-order valence-corrected chi connectivity index (χ2v) is 4.93. The highest BCUT2D eigenvalue weighted by Gasteiger charge is 2.22. The zero-order valence-electron chi connectivity index (χ0n) is 11.7. The van der Waals surface area contributed by atoms with E-state index < -0.39 is 17.6 Å². The fourth-order valence-corrected chi connectivity index (χ4v) is 2.21. The van der Waals surface area contributed by atoms with Gasteiger partial charge in [-0.3, -0.25) is 9.59 Å². The molecule has 0 aromatic heterocycles. The van der Waals surface area contributed by atoms with E-state index in [1.54, 1.807) is 17.0 Å². The van der Waals surface area contributed by atoms with Gasteiger partial charge in [-0.25, -0.2) is 9.82 Å². The molecule has 1 aliphatic heterocycles. The Balaban J connectivity index is 1.89. The number of hydrogen-bond acceptors (Lipinski definition) is 3. The van der Waals surface area contributed by atoms with Gasteiger partial charge in [0.25, 0.3) is 0 Å². The van der Waals surface area contributed by atoms with E-state index in [0.29, 0.717) is 13.1 Å². The molecular weight excluding hydrogens is 273 g/mol. The quantitative estimate of drug-likeness (QED) is 0.512. The van der Waals surface area contributed by atoms with Crippen molar-refractivity contribution in [1.82, 2.24) is 10.3 Å². The van der Waals surface area contributed by atoms with Crippen LogP contribution in [0.3, 0.4) is 0 Å². The molecule has 0 unspecified atom stereocenters. The molecule has 1 saturated heterocycles. The van der Waals surface area contributed by atoms with Crippen molar-refractivity contribution in [2.75, 3.05) is 13.1 Å². The molecule has 0 saturated carbocycles. The molecule has 1 aromatic carbocycles. The van der Waals surface area contributed by atoms with Gasteiger partial charge in [-0.15, -0.1) is 0 Å². The predicted octanol–water partition coefficient (Wildman–Crippen LogP) is 1.68. The molecule has 112 valence electrons. The van der Waals surface area contributed by atoms with E-state index in [0.717, 1.165) is 25.7 Å². The summed E-state index contributed by atoms with van der Waals surface area (Å²) in [5.41, 5.74) is 2.40. The number of amides is 2. The van der Waals surface area contributed by atoms with Crippen LogP contribution in [-0.2, 0) is 9.59 Å². The highest BCUT2D eigenvalue weighted by Crippen LogP contribution is 2.09. The Bertz CT molecular complexity index is 537. The van der Waals surface area contributed by atoms with Gasteiger partial charge >= 0.3 is 11.8 Å². The minimum atomic E-state index is -0.788. The monoisotopic (exact) mass is 291 g/mol. The number of hydrogen-bond donors (Lipinski definition) is 1. The molecule has 1 heterocycles. The number of rotatable bonds is 2. The fraction of sp³-hybridized carbons (Fsp3) is 0.400. The second kappa shape index (κ2) is 7.52. The Morgan fingerprint density at radius 3 is 2.48 bits per heavy atom. The number of benzene rings is 1. The molecule has 1 N–H and O–H groups in total. The summed E-state index contributed by atoms with van der Waals surface area (Å²) < 4.78 is 13.3. The molecular formula is C15H18FN3O2. The standard InChI is InChI=1S/C15H18FN3O2/c16-13-8-4-3-7-12(13)11-17-18-14(20)15(21)19-9-5-1-2-6-10-19/h3-4,7-8,11H,1-2,5-6,9-10H2,(H,18,20). The van der Waals surface area contributed by atoms with Crippen molar-refractivity contribution in [2.24, 2.45) is 5.10 Å². The smallest absolute Gasteiger partial charge is 0.329 e. The van der Waals surface area contributed by atoms with E-state index in [4.69, 9.17) is 0 Å². The maximum atomic E-state index is 13.3. The first-order chi connectivity index (χ1) is 10.2. The van der Waals surface area contributed by atoms with Crippen LogP contribution in [0.25, 0.3) is 0 Å². The lowest BCUT2D eigenvalue weighted by Crippen LogP contribution is -2.41. The molecule has 21 heavy (non-hydrogen) atoms. The largest absolute Gasteiger partial charge is 0.334 e. The summed E-state index contributed by atoms with van der Waals surface area (Å²) in [4.78, 5) is 25.2. The number of halogens is 1. The lowest BCUT2D eigenvalue weighted by Gasteiger charge is -2.18. The van der Waals surface area contributed by atoms with E-state index in [1.165, 1.54) is 18.3 Å². The summed E-state index contributed by atoms with van der Waals surface area (Å²) in [7, 11) is 0. The van der Waals surface area contributed by atoms with Crippen LogP contribution in [0.1, 0.15) is 31.2 Å². The normalized spacial score (nSPS) is 15.8. The number of nitrogens with zero attached hydrogens (tertiary/aromatic N) is 2. The summed E-state index contributed by atoms with van der Waals surface area (Å²) in [6.07, 6.45) is 5.17. The minimum absolute atomic E-state index is 0.250. The van der Waals surface area contributed by atoms with Crippen molar-refractivity contribution < 1.29 is 14.0 Å². The van der Waals surface area contributed by atoms with Crippen LogP contribution in [0.5, 0.6) is 0 Å². The zero-order chi connectivity index (χ0) is 15.1. The Labute approximate surface area is 122 Å². The van der Waals surface area contributed by atoms with Crippen LogP contribution >= 0.6 is 0 Å². The SMILES string of the molecule is O=C(NN=Cc1ccccc1F)C(=O)N1CCCCCC1. The number of hydrazone groups is 1.